The van der Waals surface area contributed by atoms with Gasteiger partial charge in [0.2, 0.25) is 0 Å². The molecule has 0 aliphatic carbocycles. The van der Waals surface area contributed by atoms with Crippen LogP contribution < -0.4 is 15.1 Å². The zero-order valence-electron chi connectivity index (χ0n) is 20.7. The summed E-state index contributed by atoms with van der Waals surface area (Å²) in [4.78, 5) is 30.8. The molecular formula is C29H27N5O3. The number of carbonyl (C=O) groups excluding carboxylic acids is 2. The first-order valence-electron chi connectivity index (χ1n) is 12.3. The van der Waals surface area contributed by atoms with Gasteiger partial charge in [-0.3, -0.25) is 19.6 Å². The second kappa shape index (κ2) is 8.90. The Morgan fingerprint density at radius 2 is 1.78 bits per heavy atom. The van der Waals surface area contributed by atoms with E-state index < -0.39 is 5.91 Å². The number of para-hydroxylation sites is 2. The molecule has 8 heteroatoms. The number of fused-ring (bicyclic) bond motifs is 2. The monoisotopic (exact) mass is 493 g/mol. The number of anilines is 3. The molecule has 1 atom stereocenters. The third kappa shape index (κ3) is 3.68. The fourth-order valence-corrected chi connectivity index (χ4v) is 5.45. The van der Waals surface area contributed by atoms with Gasteiger partial charge in [-0.05, 0) is 35.9 Å². The highest BCUT2D eigenvalue weighted by Gasteiger charge is 2.42. The van der Waals surface area contributed by atoms with Crippen LogP contribution in [0.1, 0.15) is 17.2 Å². The van der Waals surface area contributed by atoms with Crippen molar-refractivity contribution in [1.29, 1.82) is 0 Å². The average Bonchev–Trinajstić information content (AvgIpc) is 3.55. The number of nitrogens with zero attached hydrogens (tertiary/aromatic N) is 4. The van der Waals surface area contributed by atoms with E-state index in [1.54, 1.807) is 4.68 Å². The molecule has 0 fully saturated rings. The molecule has 2 aliphatic heterocycles. The van der Waals surface area contributed by atoms with Gasteiger partial charge in [0.25, 0.3) is 11.8 Å². The molecule has 2 amide bonds. The predicted molar refractivity (Wildman–Crippen MR) is 144 cm³/mol. The van der Waals surface area contributed by atoms with Crippen LogP contribution in [0, 0.1) is 0 Å². The largest absolute Gasteiger partial charge is 0.394 e. The van der Waals surface area contributed by atoms with Crippen molar-refractivity contribution in [2.24, 2.45) is 0 Å². The van der Waals surface area contributed by atoms with E-state index in [0.717, 1.165) is 33.5 Å². The molecule has 6 rings (SSSR count). The first kappa shape index (κ1) is 23.0. The number of hydrogen-bond donors (Lipinski definition) is 2. The zero-order chi connectivity index (χ0) is 25.7. The molecule has 0 spiro atoms. The third-order valence-corrected chi connectivity index (χ3v) is 7.15. The van der Waals surface area contributed by atoms with Crippen molar-refractivity contribution < 1.29 is 14.7 Å². The Balaban J connectivity index is 1.52. The Labute approximate surface area is 214 Å². The molecule has 1 aromatic heterocycles. The topological polar surface area (TPSA) is 90.7 Å². The van der Waals surface area contributed by atoms with E-state index in [2.05, 4.69) is 39.4 Å². The van der Waals surface area contributed by atoms with Gasteiger partial charge in [-0.1, -0.05) is 42.5 Å². The minimum Gasteiger partial charge on any atom is -0.394 e. The number of imide groups is 1. The molecule has 0 saturated heterocycles. The highest BCUT2D eigenvalue weighted by molar-refractivity contribution is 6.37. The number of nitrogens with one attached hydrogen (secondary N) is 1. The summed E-state index contributed by atoms with van der Waals surface area (Å²) in [6, 6.07) is 23.9. The van der Waals surface area contributed by atoms with Crippen molar-refractivity contribution >= 4 is 45.4 Å². The van der Waals surface area contributed by atoms with Crippen molar-refractivity contribution in [3.63, 3.8) is 0 Å². The smallest absolute Gasteiger partial charge is 0.260 e. The van der Waals surface area contributed by atoms with Gasteiger partial charge in [0.15, 0.2) is 0 Å². The fraction of sp³-hybridized carbons (Fsp3) is 0.207. The SMILES string of the molecule is CN(C)c1cccc(N2CC(C3=C(c4nn(CCO)c5ccccc45)C(=O)NC3=O)c3ccccc32)c1. The summed E-state index contributed by atoms with van der Waals surface area (Å²) in [5, 5.41) is 17.6. The number of benzene rings is 3. The summed E-state index contributed by atoms with van der Waals surface area (Å²) in [6.45, 7) is 0.727. The quantitative estimate of drug-likeness (QED) is 0.400. The Morgan fingerprint density at radius 1 is 1.00 bits per heavy atom. The van der Waals surface area contributed by atoms with E-state index in [4.69, 9.17) is 5.10 Å². The van der Waals surface area contributed by atoms with E-state index in [0.29, 0.717) is 29.9 Å². The van der Waals surface area contributed by atoms with E-state index in [-0.39, 0.29) is 18.4 Å². The van der Waals surface area contributed by atoms with Crippen molar-refractivity contribution in [1.82, 2.24) is 15.1 Å². The van der Waals surface area contributed by atoms with Gasteiger partial charge >= 0.3 is 0 Å². The second-order valence-electron chi connectivity index (χ2n) is 9.52. The molecule has 4 aromatic rings. The van der Waals surface area contributed by atoms with Crippen LogP contribution in [0.4, 0.5) is 17.1 Å². The van der Waals surface area contributed by atoms with E-state index >= 15 is 0 Å². The van der Waals surface area contributed by atoms with Crippen LogP contribution in [0.25, 0.3) is 16.5 Å². The molecule has 0 bridgehead atoms. The Kier molecular flexibility index (Phi) is 5.53. The predicted octanol–water partition coefficient (Wildman–Crippen LogP) is 3.44. The molecule has 1 unspecified atom stereocenters. The van der Waals surface area contributed by atoms with Crippen LogP contribution in [0.15, 0.2) is 78.4 Å². The number of hydrogen-bond acceptors (Lipinski definition) is 6. The maximum absolute atomic E-state index is 13.3. The highest BCUT2D eigenvalue weighted by atomic mass is 16.3. The minimum absolute atomic E-state index is 0.0842. The summed E-state index contributed by atoms with van der Waals surface area (Å²) >= 11 is 0. The van der Waals surface area contributed by atoms with Crippen LogP contribution in [0.2, 0.25) is 0 Å². The zero-order valence-corrected chi connectivity index (χ0v) is 20.7. The Morgan fingerprint density at radius 3 is 2.59 bits per heavy atom. The molecule has 8 nitrogen and oxygen atoms in total. The maximum Gasteiger partial charge on any atom is 0.260 e. The highest BCUT2D eigenvalue weighted by Crippen LogP contribution is 2.47. The second-order valence-corrected chi connectivity index (χ2v) is 9.52. The number of aromatic nitrogens is 2. The van der Waals surface area contributed by atoms with Gasteiger partial charge < -0.3 is 14.9 Å². The van der Waals surface area contributed by atoms with Crippen molar-refractivity contribution in [2.75, 3.05) is 37.0 Å². The molecule has 0 radical (unpaired) electrons. The van der Waals surface area contributed by atoms with Gasteiger partial charge in [-0.2, -0.15) is 5.10 Å². The number of carbonyl (C=O) groups is 2. The summed E-state index contributed by atoms with van der Waals surface area (Å²) in [7, 11) is 4.01. The van der Waals surface area contributed by atoms with Gasteiger partial charge in [0.1, 0.15) is 5.69 Å². The van der Waals surface area contributed by atoms with Crippen LogP contribution in [-0.4, -0.2) is 53.9 Å². The molecule has 186 valence electrons. The van der Waals surface area contributed by atoms with Crippen LogP contribution in [0.3, 0.4) is 0 Å². The van der Waals surface area contributed by atoms with Gasteiger partial charge in [0.05, 0.1) is 24.2 Å². The number of amides is 2. The first-order chi connectivity index (χ1) is 18.0. The normalized spacial score (nSPS) is 17.1. The molecule has 2 N–H and O–H groups in total. The Hall–Kier alpha value is -4.43. The van der Waals surface area contributed by atoms with Crippen LogP contribution >= 0.6 is 0 Å². The van der Waals surface area contributed by atoms with E-state index in [9.17, 15) is 14.7 Å². The molecule has 2 aliphatic rings. The lowest BCUT2D eigenvalue weighted by Gasteiger charge is -2.22. The van der Waals surface area contributed by atoms with Crippen LogP contribution in [-0.2, 0) is 16.1 Å². The molecule has 3 aromatic carbocycles. The molecule has 3 heterocycles. The van der Waals surface area contributed by atoms with Crippen molar-refractivity contribution in [3.8, 4) is 0 Å². The lowest BCUT2D eigenvalue weighted by molar-refractivity contribution is -0.123. The summed E-state index contributed by atoms with van der Waals surface area (Å²) in [5.41, 5.74) is 6.11. The fourth-order valence-electron chi connectivity index (χ4n) is 5.45. The van der Waals surface area contributed by atoms with Gasteiger partial charge in [-0.25, -0.2) is 0 Å². The first-order valence-corrected chi connectivity index (χ1v) is 12.3. The van der Waals surface area contributed by atoms with Gasteiger partial charge in [0, 0.05) is 54.6 Å². The lowest BCUT2D eigenvalue weighted by Crippen LogP contribution is -2.25. The molecule has 37 heavy (non-hydrogen) atoms. The van der Waals surface area contributed by atoms with Crippen molar-refractivity contribution in [2.45, 2.75) is 12.5 Å². The number of rotatable bonds is 6. The maximum atomic E-state index is 13.3. The minimum atomic E-state index is -0.440. The Bertz CT molecular complexity index is 1590. The molecular weight excluding hydrogens is 466 g/mol. The standard InChI is InChI=1S/C29H27N5O3/c1-32(2)18-8-7-9-19(16-18)33-17-22(20-10-3-5-12-23(20)33)25-26(29(37)30-28(25)36)27-21-11-4-6-13-24(21)34(31-27)14-15-35/h3-13,16,22,35H,14-15,17H2,1-2H3,(H,30,36,37). The molecule has 0 saturated carbocycles. The average molecular weight is 494 g/mol. The van der Waals surface area contributed by atoms with Gasteiger partial charge in [-0.15, -0.1) is 0 Å². The van der Waals surface area contributed by atoms with Crippen molar-refractivity contribution in [3.05, 3.63) is 89.6 Å². The summed E-state index contributed by atoms with van der Waals surface area (Å²) in [5.74, 6) is -1.14. The summed E-state index contributed by atoms with van der Waals surface area (Å²) < 4.78 is 1.69. The summed E-state index contributed by atoms with van der Waals surface area (Å²) in [6.07, 6.45) is 0. The number of aliphatic hydroxyl groups excluding tert-OH is 1. The van der Waals surface area contributed by atoms with Crippen LogP contribution in [0.5, 0.6) is 0 Å². The lowest BCUT2D eigenvalue weighted by atomic mass is 9.89. The number of aliphatic hydroxyl groups is 1. The van der Waals surface area contributed by atoms with E-state index in [1.807, 2.05) is 62.6 Å². The van der Waals surface area contributed by atoms with E-state index in [1.165, 1.54) is 0 Å². The third-order valence-electron chi connectivity index (χ3n) is 7.15.